The van der Waals surface area contributed by atoms with E-state index in [9.17, 15) is 4.79 Å². The number of aromatic nitrogens is 3. The SMILES string of the molecule is CC(C)(C)OC(=O)N1C2CCC1CN(c1nc(OCC34CCCN3CCC4)nc3c(F)c(-c4cccc(Cl)c4C4CC4)ncc13)C2. The van der Waals surface area contributed by atoms with E-state index in [1.165, 1.54) is 0 Å². The molecule has 2 unspecified atom stereocenters. The van der Waals surface area contributed by atoms with Crippen LogP contribution in [0.3, 0.4) is 0 Å². The average molecular weight is 649 g/mol. The molecule has 0 N–H and O–H groups in total. The summed E-state index contributed by atoms with van der Waals surface area (Å²) in [4.78, 5) is 34.1. The Balaban J connectivity index is 1.18. The fourth-order valence-electron chi connectivity index (χ4n) is 8.39. The van der Waals surface area contributed by atoms with Crippen molar-refractivity contribution in [3.05, 3.63) is 40.8 Å². The van der Waals surface area contributed by atoms with E-state index in [1.54, 1.807) is 6.20 Å². The van der Waals surface area contributed by atoms with Crippen LogP contribution in [0.15, 0.2) is 24.4 Å². The molecular formula is C35H42ClFN6O3. The molecule has 6 heterocycles. The van der Waals surface area contributed by atoms with Gasteiger partial charge < -0.3 is 14.4 Å². The molecule has 1 saturated carbocycles. The molecule has 8 rings (SSSR count). The van der Waals surface area contributed by atoms with Crippen molar-refractivity contribution in [3.63, 3.8) is 0 Å². The van der Waals surface area contributed by atoms with Gasteiger partial charge >= 0.3 is 12.1 Å². The molecule has 1 aliphatic carbocycles. The molecule has 1 aromatic carbocycles. The summed E-state index contributed by atoms with van der Waals surface area (Å²) in [5, 5.41) is 1.18. The van der Waals surface area contributed by atoms with Crippen molar-refractivity contribution in [2.45, 2.75) is 101 Å². The largest absolute Gasteiger partial charge is 0.461 e. The maximum absolute atomic E-state index is 16.8. The molecule has 5 fully saturated rings. The number of carbonyl (C=O) groups excluding carboxylic acids is 1. The highest BCUT2D eigenvalue weighted by atomic mass is 35.5. The second-order valence-electron chi connectivity index (χ2n) is 14.9. The summed E-state index contributed by atoms with van der Waals surface area (Å²) in [7, 11) is 0. The van der Waals surface area contributed by atoms with Gasteiger partial charge in [0.25, 0.3) is 0 Å². The van der Waals surface area contributed by atoms with Crippen LogP contribution in [-0.2, 0) is 4.74 Å². The molecule has 244 valence electrons. The van der Waals surface area contributed by atoms with E-state index < -0.39 is 11.4 Å². The molecule has 2 bridgehead atoms. The van der Waals surface area contributed by atoms with Crippen LogP contribution in [0.25, 0.3) is 22.2 Å². The van der Waals surface area contributed by atoms with E-state index in [-0.39, 0.29) is 40.9 Å². The Kier molecular flexibility index (Phi) is 7.32. The summed E-state index contributed by atoms with van der Waals surface area (Å²) in [6, 6.07) is 5.74. The van der Waals surface area contributed by atoms with Crippen molar-refractivity contribution in [2.24, 2.45) is 0 Å². The smallest absolute Gasteiger partial charge is 0.410 e. The van der Waals surface area contributed by atoms with Gasteiger partial charge in [-0.1, -0.05) is 23.7 Å². The van der Waals surface area contributed by atoms with Crippen LogP contribution in [0.2, 0.25) is 5.02 Å². The minimum atomic E-state index is -0.570. The minimum absolute atomic E-state index is 0.00146. The number of benzene rings is 1. The predicted octanol–water partition coefficient (Wildman–Crippen LogP) is 6.96. The maximum atomic E-state index is 16.8. The molecule has 11 heteroatoms. The average Bonchev–Trinajstić information content (AvgIpc) is 3.55. The number of nitrogens with zero attached hydrogens (tertiary/aromatic N) is 6. The van der Waals surface area contributed by atoms with Crippen LogP contribution in [0.5, 0.6) is 6.01 Å². The lowest BCUT2D eigenvalue weighted by atomic mass is 9.95. The van der Waals surface area contributed by atoms with Crippen LogP contribution in [0, 0.1) is 5.82 Å². The van der Waals surface area contributed by atoms with Gasteiger partial charge in [0.1, 0.15) is 29.2 Å². The number of ether oxygens (including phenoxy) is 2. The van der Waals surface area contributed by atoms with Gasteiger partial charge in [0, 0.05) is 29.9 Å². The van der Waals surface area contributed by atoms with Crippen molar-refractivity contribution in [2.75, 3.05) is 37.7 Å². The Morgan fingerprint density at radius 3 is 2.46 bits per heavy atom. The predicted molar refractivity (Wildman–Crippen MR) is 175 cm³/mol. The Morgan fingerprint density at radius 1 is 1.07 bits per heavy atom. The van der Waals surface area contributed by atoms with Crippen molar-refractivity contribution >= 4 is 34.4 Å². The third kappa shape index (κ3) is 5.25. The first-order valence-corrected chi connectivity index (χ1v) is 17.3. The fraction of sp³-hybridized carbons (Fsp3) is 0.600. The molecule has 3 aromatic rings. The van der Waals surface area contributed by atoms with E-state index in [4.69, 9.17) is 36.0 Å². The van der Waals surface area contributed by atoms with Crippen LogP contribution >= 0.6 is 11.6 Å². The number of carbonyl (C=O) groups is 1. The first kappa shape index (κ1) is 30.1. The molecule has 46 heavy (non-hydrogen) atoms. The molecular weight excluding hydrogens is 607 g/mol. The van der Waals surface area contributed by atoms with Gasteiger partial charge in [-0.05, 0) is 103 Å². The summed E-state index contributed by atoms with van der Waals surface area (Å²) in [5.74, 6) is 0.420. The quantitative estimate of drug-likeness (QED) is 0.284. The summed E-state index contributed by atoms with van der Waals surface area (Å²) in [6.45, 7) is 9.44. The topological polar surface area (TPSA) is 83.9 Å². The molecule has 0 spiro atoms. The van der Waals surface area contributed by atoms with Crippen molar-refractivity contribution in [1.82, 2.24) is 24.8 Å². The Labute approximate surface area is 274 Å². The van der Waals surface area contributed by atoms with Gasteiger partial charge in [-0.3, -0.25) is 14.8 Å². The fourth-order valence-corrected chi connectivity index (χ4v) is 8.72. The molecule has 0 radical (unpaired) electrons. The highest BCUT2D eigenvalue weighted by Gasteiger charge is 2.46. The van der Waals surface area contributed by atoms with Gasteiger partial charge in [0.05, 0.1) is 23.0 Å². The third-order valence-corrected chi connectivity index (χ3v) is 10.9. The first-order valence-electron chi connectivity index (χ1n) is 16.9. The lowest BCUT2D eigenvalue weighted by Gasteiger charge is -2.42. The molecule has 5 aliphatic rings. The Bertz CT molecular complexity index is 1670. The molecule has 1 amide bonds. The first-order chi connectivity index (χ1) is 22.1. The van der Waals surface area contributed by atoms with E-state index >= 15 is 4.39 Å². The number of amides is 1. The number of halogens is 2. The standard InChI is InChI=1S/C35H42ClFN6O3/c1-34(2,3)46-33(44)43-22-11-12-23(43)19-41(18-22)31-25-17-38-29(24-7-4-8-26(36)27(24)21-9-10-21)28(37)30(25)39-32(40-31)45-20-35-13-5-15-42(35)16-6-14-35/h4,7-8,17,21-23H,5-6,9-16,18-20H2,1-3H3. The van der Waals surface area contributed by atoms with Crippen molar-refractivity contribution in [3.8, 4) is 17.3 Å². The number of hydrogen-bond acceptors (Lipinski definition) is 8. The van der Waals surface area contributed by atoms with Crippen LogP contribution in [0.4, 0.5) is 15.0 Å². The van der Waals surface area contributed by atoms with Gasteiger partial charge in [0.2, 0.25) is 0 Å². The summed E-state index contributed by atoms with van der Waals surface area (Å²) >= 11 is 6.64. The zero-order valence-corrected chi connectivity index (χ0v) is 27.7. The third-order valence-electron chi connectivity index (χ3n) is 10.6. The number of piperazine rings is 1. The second kappa shape index (κ2) is 11.2. The number of pyridine rings is 1. The lowest BCUT2D eigenvalue weighted by Crippen LogP contribution is -2.57. The van der Waals surface area contributed by atoms with E-state index in [0.29, 0.717) is 47.4 Å². The number of rotatable bonds is 6. The number of anilines is 1. The van der Waals surface area contributed by atoms with Crippen molar-refractivity contribution in [1.29, 1.82) is 0 Å². The van der Waals surface area contributed by atoms with Crippen molar-refractivity contribution < 1.29 is 18.7 Å². The second-order valence-corrected chi connectivity index (χ2v) is 15.3. The summed E-state index contributed by atoms with van der Waals surface area (Å²) in [6.07, 6.45) is 9.73. The van der Waals surface area contributed by atoms with Gasteiger partial charge in [0.15, 0.2) is 5.82 Å². The van der Waals surface area contributed by atoms with E-state index in [0.717, 1.165) is 70.0 Å². The molecule has 4 aliphatic heterocycles. The summed E-state index contributed by atoms with van der Waals surface area (Å²) < 4.78 is 29.0. The number of hydrogen-bond donors (Lipinski definition) is 0. The van der Waals surface area contributed by atoms with E-state index in [2.05, 4.69) is 9.80 Å². The number of fused-ring (bicyclic) bond motifs is 4. The zero-order chi connectivity index (χ0) is 31.8. The van der Waals surface area contributed by atoms with Gasteiger partial charge in [-0.15, -0.1) is 0 Å². The molecule has 2 aromatic heterocycles. The Morgan fingerprint density at radius 2 is 1.78 bits per heavy atom. The van der Waals surface area contributed by atoms with Crippen LogP contribution < -0.4 is 9.64 Å². The molecule has 9 nitrogen and oxygen atoms in total. The minimum Gasteiger partial charge on any atom is -0.461 e. The highest BCUT2D eigenvalue weighted by molar-refractivity contribution is 6.32. The summed E-state index contributed by atoms with van der Waals surface area (Å²) in [5.41, 5.74) is 1.54. The van der Waals surface area contributed by atoms with Crippen LogP contribution in [-0.4, -0.2) is 86.9 Å². The molecule has 2 atom stereocenters. The lowest BCUT2D eigenvalue weighted by molar-refractivity contribution is 0.0122. The highest BCUT2D eigenvalue weighted by Crippen LogP contribution is 2.48. The Hall–Kier alpha value is -3.24. The molecule has 4 saturated heterocycles. The van der Waals surface area contributed by atoms with E-state index in [1.807, 2.05) is 43.9 Å². The zero-order valence-electron chi connectivity index (χ0n) is 26.9. The van der Waals surface area contributed by atoms with Crippen LogP contribution in [0.1, 0.15) is 83.6 Å². The van der Waals surface area contributed by atoms with Gasteiger partial charge in [-0.25, -0.2) is 9.18 Å². The normalized spacial score (nSPS) is 24.1. The van der Waals surface area contributed by atoms with Gasteiger partial charge in [-0.2, -0.15) is 9.97 Å². The maximum Gasteiger partial charge on any atom is 0.410 e. The monoisotopic (exact) mass is 648 g/mol.